The third kappa shape index (κ3) is 5.42. The fraction of sp³-hybridized carbons (Fsp3) is 0.579. The Morgan fingerprint density at radius 1 is 1.46 bits per heavy atom. The molecule has 2 N–H and O–H groups in total. The molecule has 0 heterocycles. The van der Waals surface area contributed by atoms with E-state index >= 15 is 0 Å². The first kappa shape index (κ1) is 20.3. The average Bonchev–Trinajstić information content (AvgIpc) is 2.50. The molecule has 0 saturated carbocycles. The lowest BCUT2D eigenvalue weighted by Gasteiger charge is -2.37. The molecule has 0 aromatic rings. The van der Waals surface area contributed by atoms with Gasteiger partial charge in [-0.1, -0.05) is 29.4 Å². The molecule has 0 aromatic heterocycles. The van der Waals surface area contributed by atoms with E-state index in [0.717, 1.165) is 18.4 Å². The normalized spacial score (nSPS) is 25.3. The van der Waals surface area contributed by atoms with Crippen molar-refractivity contribution in [2.75, 3.05) is 7.11 Å². The van der Waals surface area contributed by atoms with Crippen LogP contribution in [0.4, 0.5) is 0 Å². The Hall–Kier alpha value is -1.72. The molecule has 1 rings (SSSR count). The molecule has 5 heteroatoms. The van der Waals surface area contributed by atoms with Gasteiger partial charge in [0, 0.05) is 0 Å². The largest absolute Gasteiger partial charge is 0.469 e. The zero-order chi connectivity index (χ0) is 18.3. The second kappa shape index (κ2) is 8.94. The Bertz CT molecular complexity index is 554. The third-order valence-corrected chi connectivity index (χ3v) is 4.32. The number of carbonyl (C=O) groups excluding carboxylic acids is 2. The lowest BCUT2D eigenvalue weighted by atomic mass is 9.68. The number of esters is 1. The van der Waals surface area contributed by atoms with Crippen molar-refractivity contribution >= 4 is 11.8 Å². The number of carbonyl (C=O) groups is 2. The number of aliphatic hydroxyl groups excluding tert-OH is 2. The first-order chi connectivity index (χ1) is 11.2. The molecule has 1 aliphatic carbocycles. The molecule has 0 spiro atoms. The maximum absolute atomic E-state index is 12.4. The van der Waals surface area contributed by atoms with Gasteiger partial charge < -0.3 is 14.9 Å². The molecule has 0 amide bonds. The molecular weight excluding hydrogens is 308 g/mol. The van der Waals surface area contributed by atoms with Crippen LogP contribution in [0, 0.1) is 5.41 Å². The molecule has 0 radical (unpaired) electrons. The van der Waals surface area contributed by atoms with Crippen molar-refractivity contribution in [3.8, 4) is 0 Å². The number of ketones is 1. The summed E-state index contributed by atoms with van der Waals surface area (Å²) in [7, 11) is 1.24. The Kier molecular flexibility index (Phi) is 7.58. The molecule has 0 aromatic carbocycles. The Morgan fingerprint density at radius 3 is 2.71 bits per heavy atom. The van der Waals surface area contributed by atoms with Crippen LogP contribution in [0.2, 0.25) is 0 Å². The SMILES string of the molecule is COC(=O)C[C@@]1([C@@H](O)/C=C(\C)CCC=C(C)C)C[C@H](O)C=CC1=O. The van der Waals surface area contributed by atoms with Crippen LogP contribution < -0.4 is 0 Å². The topological polar surface area (TPSA) is 83.8 Å². The van der Waals surface area contributed by atoms with Gasteiger partial charge in [0.25, 0.3) is 0 Å². The maximum atomic E-state index is 12.4. The highest BCUT2D eigenvalue weighted by Gasteiger charge is 2.47. The Labute approximate surface area is 143 Å². The van der Waals surface area contributed by atoms with E-state index in [1.54, 1.807) is 6.08 Å². The number of methoxy groups -OCH3 is 1. The van der Waals surface area contributed by atoms with Crippen molar-refractivity contribution in [3.63, 3.8) is 0 Å². The lowest BCUT2D eigenvalue weighted by Crippen LogP contribution is -2.47. The van der Waals surface area contributed by atoms with E-state index in [-0.39, 0.29) is 18.6 Å². The van der Waals surface area contributed by atoms with Crippen LogP contribution in [0.5, 0.6) is 0 Å². The number of hydrogen-bond acceptors (Lipinski definition) is 5. The van der Waals surface area contributed by atoms with Gasteiger partial charge in [-0.05, 0) is 46.1 Å². The van der Waals surface area contributed by atoms with Gasteiger partial charge >= 0.3 is 5.97 Å². The fourth-order valence-corrected chi connectivity index (χ4v) is 2.87. The van der Waals surface area contributed by atoms with Crippen LogP contribution in [0.3, 0.4) is 0 Å². The van der Waals surface area contributed by atoms with Gasteiger partial charge in [-0.2, -0.15) is 0 Å². The molecule has 24 heavy (non-hydrogen) atoms. The van der Waals surface area contributed by atoms with Crippen molar-refractivity contribution in [2.45, 2.75) is 58.7 Å². The van der Waals surface area contributed by atoms with Crippen molar-refractivity contribution in [1.29, 1.82) is 0 Å². The quantitative estimate of drug-likeness (QED) is 0.551. The summed E-state index contributed by atoms with van der Waals surface area (Å²) >= 11 is 0. The van der Waals surface area contributed by atoms with Gasteiger partial charge in [-0.3, -0.25) is 9.59 Å². The van der Waals surface area contributed by atoms with E-state index in [9.17, 15) is 19.8 Å². The van der Waals surface area contributed by atoms with E-state index in [4.69, 9.17) is 0 Å². The van der Waals surface area contributed by atoms with Crippen molar-refractivity contribution in [2.24, 2.45) is 5.41 Å². The van der Waals surface area contributed by atoms with E-state index in [1.807, 2.05) is 20.8 Å². The highest BCUT2D eigenvalue weighted by atomic mass is 16.5. The molecule has 134 valence electrons. The van der Waals surface area contributed by atoms with Crippen LogP contribution in [0.15, 0.2) is 35.5 Å². The zero-order valence-electron chi connectivity index (χ0n) is 14.9. The fourth-order valence-electron chi connectivity index (χ4n) is 2.87. The van der Waals surface area contributed by atoms with E-state index < -0.39 is 23.6 Å². The summed E-state index contributed by atoms with van der Waals surface area (Å²) in [5.74, 6) is -0.945. The lowest BCUT2D eigenvalue weighted by molar-refractivity contribution is -0.151. The summed E-state index contributed by atoms with van der Waals surface area (Å²) in [6, 6.07) is 0. The van der Waals surface area contributed by atoms with E-state index in [1.165, 1.54) is 24.8 Å². The van der Waals surface area contributed by atoms with E-state index in [0.29, 0.717) is 0 Å². The zero-order valence-corrected chi connectivity index (χ0v) is 14.9. The highest BCUT2D eigenvalue weighted by molar-refractivity contribution is 5.98. The third-order valence-electron chi connectivity index (χ3n) is 4.32. The molecule has 0 saturated heterocycles. The Balaban J connectivity index is 3.02. The smallest absolute Gasteiger partial charge is 0.306 e. The molecule has 0 bridgehead atoms. The van der Waals surface area contributed by atoms with Crippen molar-refractivity contribution < 1.29 is 24.5 Å². The highest BCUT2D eigenvalue weighted by Crippen LogP contribution is 2.38. The summed E-state index contributed by atoms with van der Waals surface area (Å²) in [5.41, 5.74) is 0.779. The van der Waals surface area contributed by atoms with Crippen LogP contribution >= 0.6 is 0 Å². The van der Waals surface area contributed by atoms with Crippen molar-refractivity contribution in [3.05, 3.63) is 35.5 Å². The monoisotopic (exact) mass is 336 g/mol. The minimum absolute atomic E-state index is 0.00362. The van der Waals surface area contributed by atoms with Gasteiger partial charge in [-0.25, -0.2) is 0 Å². The number of aliphatic hydroxyl groups is 2. The minimum Gasteiger partial charge on any atom is -0.469 e. The second-order valence-electron chi connectivity index (χ2n) is 6.68. The average molecular weight is 336 g/mol. The van der Waals surface area contributed by atoms with Crippen LogP contribution in [-0.2, 0) is 14.3 Å². The maximum Gasteiger partial charge on any atom is 0.306 e. The summed E-state index contributed by atoms with van der Waals surface area (Å²) in [5, 5.41) is 20.6. The Morgan fingerprint density at radius 2 is 2.12 bits per heavy atom. The van der Waals surface area contributed by atoms with Crippen molar-refractivity contribution in [1.82, 2.24) is 0 Å². The predicted molar refractivity (Wildman–Crippen MR) is 92.3 cm³/mol. The van der Waals surface area contributed by atoms with Gasteiger partial charge in [0.1, 0.15) is 0 Å². The summed E-state index contributed by atoms with van der Waals surface area (Å²) in [6.45, 7) is 5.93. The van der Waals surface area contributed by atoms with Gasteiger partial charge in [0.15, 0.2) is 5.78 Å². The first-order valence-corrected chi connectivity index (χ1v) is 8.17. The summed E-state index contributed by atoms with van der Waals surface area (Å²) in [6.07, 6.45) is 5.65. The number of rotatable bonds is 7. The van der Waals surface area contributed by atoms with Crippen LogP contribution in [-0.4, -0.2) is 41.3 Å². The summed E-state index contributed by atoms with van der Waals surface area (Å²) in [4.78, 5) is 24.2. The number of allylic oxidation sites excluding steroid dienone is 4. The van der Waals surface area contributed by atoms with Crippen LogP contribution in [0.1, 0.15) is 46.5 Å². The molecule has 5 nitrogen and oxygen atoms in total. The molecule has 1 aliphatic rings. The van der Waals surface area contributed by atoms with Crippen LogP contribution in [0.25, 0.3) is 0 Å². The minimum atomic E-state index is -1.38. The molecule has 0 unspecified atom stereocenters. The number of hydrogen-bond donors (Lipinski definition) is 2. The molecule has 0 fully saturated rings. The molecular formula is C19H28O5. The standard InChI is InChI=1S/C19H28O5/c1-13(2)6-5-7-14(3)10-17(22)19(12-18(23)24-4)11-15(20)8-9-16(19)21/h6,8-10,15,17,20,22H,5,7,11-12H2,1-4H3/b14-10+/t15-,17+,19+/m1/s1. The summed E-state index contributed by atoms with van der Waals surface area (Å²) < 4.78 is 4.67. The van der Waals surface area contributed by atoms with E-state index in [2.05, 4.69) is 10.8 Å². The first-order valence-electron chi connectivity index (χ1n) is 8.17. The predicted octanol–water partition coefficient (Wildman–Crippen LogP) is 2.48. The van der Waals surface area contributed by atoms with Gasteiger partial charge in [0.05, 0.1) is 31.2 Å². The number of ether oxygens (including phenoxy) is 1. The molecule has 0 aliphatic heterocycles. The molecule has 3 atom stereocenters. The second-order valence-corrected chi connectivity index (χ2v) is 6.68. The van der Waals surface area contributed by atoms with Gasteiger partial charge in [-0.15, -0.1) is 0 Å². The van der Waals surface area contributed by atoms with Gasteiger partial charge in [0.2, 0.25) is 0 Å².